The molecule has 0 radical (unpaired) electrons. The lowest BCUT2D eigenvalue weighted by Gasteiger charge is -2.22. The number of rotatable bonds is 5. The number of benzene rings is 1. The minimum Gasteiger partial charge on any atom is -0.380 e. The molecule has 4 heteroatoms. The van der Waals surface area contributed by atoms with Crippen molar-refractivity contribution in [1.29, 1.82) is 5.26 Å². The van der Waals surface area contributed by atoms with Crippen LogP contribution in [0.4, 0.5) is 5.69 Å². The molecule has 1 N–H and O–H groups in total. The molecule has 0 bridgehead atoms. The van der Waals surface area contributed by atoms with Crippen molar-refractivity contribution >= 4 is 17.4 Å². The highest BCUT2D eigenvalue weighted by atomic mass is 32.2. The van der Waals surface area contributed by atoms with Gasteiger partial charge in [0.1, 0.15) is 6.07 Å². The number of nitrogens with one attached hydrogen (secondary N) is 1. The van der Waals surface area contributed by atoms with E-state index in [0.29, 0.717) is 6.04 Å². The Kier molecular flexibility index (Phi) is 5.12. The molecule has 1 saturated heterocycles. The van der Waals surface area contributed by atoms with Crippen molar-refractivity contribution in [1.82, 2.24) is 4.90 Å². The summed E-state index contributed by atoms with van der Waals surface area (Å²) in [5, 5.41) is 12.8. The van der Waals surface area contributed by atoms with E-state index in [9.17, 15) is 5.26 Å². The molecule has 1 aliphatic heterocycles. The van der Waals surface area contributed by atoms with E-state index in [2.05, 4.69) is 23.2 Å². The predicted molar refractivity (Wildman–Crippen MR) is 81.7 cm³/mol. The summed E-state index contributed by atoms with van der Waals surface area (Å²) < 4.78 is 0. The highest BCUT2D eigenvalue weighted by molar-refractivity contribution is 7.98. The van der Waals surface area contributed by atoms with E-state index in [1.165, 1.54) is 25.9 Å². The number of anilines is 1. The number of hydrogen-bond donors (Lipinski definition) is 1. The molecule has 1 unspecified atom stereocenters. The molecule has 0 aliphatic carbocycles. The summed E-state index contributed by atoms with van der Waals surface area (Å²) in [6, 6.07) is 8.69. The normalized spacial score (nSPS) is 17.1. The Bertz CT molecular complexity index is 461. The van der Waals surface area contributed by atoms with Crippen LogP contribution in [0.3, 0.4) is 0 Å². The molecule has 1 aromatic rings. The lowest BCUT2D eigenvalue weighted by Crippen LogP contribution is -2.33. The van der Waals surface area contributed by atoms with Crippen molar-refractivity contribution in [2.24, 2.45) is 0 Å². The van der Waals surface area contributed by atoms with E-state index in [-0.39, 0.29) is 0 Å². The Morgan fingerprint density at radius 1 is 1.42 bits per heavy atom. The SMILES string of the molecule is CSc1cccc(NC(C)CN2CCCC2)c1C#N. The van der Waals surface area contributed by atoms with Gasteiger partial charge in [-0.05, 0) is 51.2 Å². The third-order valence-electron chi connectivity index (χ3n) is 3.49. The second kappa shape index (κ2) is 6.83. The van der Waals surface area contributed by atoms with E-state index < -0.39 is 0 Å². The molecule has 3 nitrogen and oxygen atoms in total. The quantitative estimate of drug-likeness (QED) is 0.838. The molecule has 0 aromatic heterocycles. The van der Waals surface area contributed by atoms with E-state index >= 15 is 0 Å². The maximum absolute atomic E-state index is 9.31. The van der Waals surface area contributed by atoms with Gasteiger partial charge < -0.3 is 10.2 Å². The van der Waals surface area contributed by atoms with Crippen molar-refractivity contribution in [2.75, 3.05) is 31.2 Å². The lowest BCUT2D eigenvalue weighted by molar-refractivity contribution is 0.328. The largest absolute Gasteiger partial charge is 0.380 e. The van der Waals surface area contributed by atoms with Crippen molar-refractivity contribution < 1.29 is 0 Å². The number of hydrogen-bond acceptors (Lipinski definition) is 4. The van der Waals surface area contributed by atoms with Crippen LogP contribution >= 0.6 is 11.8 Å². The van der Waals surface area contributed by atoms with Gasteiger partial charge in [0.15, 0.2) is 0 Å². The van der Waals surface area contributed by atoms with Gasteiger partial charge in [0.2, 0.25) is 0 Å². The Hall–Kier alpha value is -1.18. The third kappa shape index (κ3) is 3.65. The topological polar surface area (TPSA) is 39.1 Å². The minimum absolute atomic E-state index is 0.363. The summed E-state index contributed by atoms with van der Waals surface area (Å²) in [5.74, 6) is 0. The van der Waals surface area contributed by atoms with E-state index in [0.717, 1.165) is 22.7 Å². The Labute approximate surface area is 120 Å². The second-order valence-corrected chi connectivity index (χ2v) is 5.90. The molecule has 2 rings (SSSR count). The van der Waals surface area contributed by atoms with Crippen LogP contribution in [0.1, 0.15) is 25.3 Å². The van der Waals surface area contributed by atoms with Gasteiger partial charge in [-0.2, -0.15) is 5.26 Å². The van der Waals surface area contributed by atoms with E-state index in [1.54, 1.807) is 11.8 Å². The van der Waals surface area contributed by atoms with Crippen molar-refractivity contribution in [3.63, 3.8) is 0 Å². The number of nitriles is 1. The molecule has 1 aliphatic rings. The first kappa shape index (κ1) is 14.2. The van der Waals surface area contributed by atoms with Gasteiger partial charge in [-0.15, -0.1) is 11.8 Å². The molecule has 102 valence electrons. The van der Waals surface area contributed by atoms with Crippen LogP contribution in [0.15, 0.2) is 23.1 Å². The summed E-state index contributed by atoms with van der Waals surface area (Å²) in [4.78, 5) is 3.53. The van der Waals surface area contributed by atoms with Gasteiger partial charge in [-0.1, -0.05) is 6.07 Å². The fourth-order valence-electron chi connectivity index (χ4n) is 2.60. The minimum atomic E-state index is 0.363. The molecule has 0 amide bonds. The smallest absolute Gasteiger partial charge is 0.102 e. The summed E-state index contributed by atoms with van der Waals surface area (Å²) in [7, 11) is 0. The fraction of sp³-hybridized carbons (Fsp3) is 0.533. The van der Waals surface area contributed by atoms with Gasteiger partial charge >= 0.3 is 0 Å². The summed E-state index contributed by atoms with van der Waals surface area (Å²) in [5.41, 5.74) is 1.73. The lowest BCUT2D eigenvalue weighted by atomic mass is 10.1. The molecule has 19 heavy (non-hydrogen) atoms. The highest BCUT2D eigenvalue weighted by Crippen LogP contribution is 2.26. The van der Waals surface area contributed by atoms with Gasteiger partial charge in [0.05, 0.1) is 11.3 Å². The number of thioether (sulfide) groups is 1. The van der Waals surface area contributed by atoms with E-state index in [1.807, 2.05) is 24.5 Å². The maximum atomic E-state index is 9.31. The molecule has 0 spiro atoms. The standard InChI is InChI=1S/C15H21N3S/c1-12(11-18-8-3-4-9-18)17-14-6-5-7-15(19-2)13(14)10-16/h5-7,12,17H,3-4,8-9,11H2,1-2H3. The molecular formula is C15H21N3S. The number of likely N-dealkylation sites (tertiary alicyclic amines) is 1. The van der Waals surface area contributed by atoms with Crippen LogP contribution in [-0.4, -0.2) is 36.8 Å². The molecular weight excluding hydrogens is 254 g/mol. The average Bonchev–Trinajstić information content (AvgIpc) is 2.91. The Morgan fingerprint density at radius 3 is 2.79 bits per heavy atom. The van der Waals surface area contributed by atoms with Gasteiger partial charge in [0.25, 0.3) is 0 Å². The summed E-state index contributed by atoms with van der Waals surface area (Å²) in [6.45, 7) is 5.66. The monoisotopic (exact) mass is 275 g/mol. The zero-order valence-electron chi connectivity index (χ0n) is 11.6. The van der Waals surface area contributed by atoms with Crippen LogP contribution in [0.5, 0.6) is 0 Å². The van der Waals surface area contributed by atoms with E-state index in [4.69, 9.17) is 0 Å². The van der Waals surface area contributed by atoms with Gasteiger partial charge in [-0.25, -0.2) is 0 Å². The predicted octanol–water partition coefficient (Wildman–Crippen LogP) is 3.18. The van der Waals surface area contributed by atoms with Crippen LogP contribution < -0.4 is 5.32 Å². The highest BCUT2D eigenvalue weighted by Gasteiger charge is 2.15. The average molecular weight is 275 g/mol. The molecule has 1 heterocycles. The van der Waals surface area contributed by atoms with Crippen molar-refractivity contribution in [3.8, 4) is 6.07 Å². The Morgan fingerprint density at radius 2 is 2.16 bits per heavy atom. The summed E-state index contributed by atoms with van der Waals surface area (Å²) in [6.07, 6.45) is 4.64. The number of nitrogens with zero attached hydrogens (tertiary/aromatic N) is 2. The zero-order chi connectivity index (χ0) is 13.7. The maximum Gasteiger partial charge on any atom is 0.102 e. The third-order valence-corrected chi connectivity index (χ3v) is 4.27. The van der Waals surface area contributed by atoms with Crippen LogP contribution in [0, 0.1) is 11.3 Å². The fourth-order valence-corrected chi connectivity index (χ4v) is 3.17. The molecule has 1 atom stereocenters. The first-order chi connectivity index (χ1) is 9.24. The van der Waals surface area contributed by atoms with Crippen molar-refractivity contribution in [2.45, 2.75) is 30.7 Å². The Balaban J connectivity index is 2.03. The zero-order valence-corrected chi connectivity index (χ0v) is 12.5. The van der Waals surface area contributed by atoms with Gasteiger partial charge in [-0.3, -0.25) is 0 Å². The second-order valence-electron chi connectivity index (χ2n) is 5.05. The van der Waals surface area contributed by atoms with Crippen LogP contribution in [-0.2, 0) is 0 Å². The van der Waals surface area contributed by atoms with Crippen molar-refractivity contribution in [3.05, 3.63) is 23.8 Å². The van der Waals surface area contributed by atoms with Crippen LogP contribution in [0.25, 0.3) is 0 Å². The first-order valence-electron chi connectivity index (χ1n) is 6.80. The summed E-state index contributed by atoms with van der Waals surface area (Å²) >= 11 is 1.62. The van der Waals surface area contributed by atoms with Gasteiger partial charge in [0, 0.05) is 17.5 Å². The molecule has 0 saturated carbocycles. The first-order valence-corrected chi connectivity index (χ1v) is 8.03. The molecule has 1 fully saturated rings. The molecule has 1 aromatic carbocycles. The van der Waals surface area contributed by atoms with Crippen LogP contribution in [0.2, 0.25) is 0 Å².